The number of amides is 1. The van der Waals surface area contributed by atoms with Crippen LogP contribution in [0.2, 0.25) is 0 Å². The second kappa shape index (κ2) is 7.86. The van der Waals surface area contributed by atoms with Crippen LogP contribution in [0.4, 0.5) is 5.95 Å². The number of carbonyl (C=O) groups is 1. The summed E-state index contributed by atoms with van der Waals surface area (Å²) in [6.07, 6.45) is 2.69. The van der Waals surface area contributed by atoms with Gasteiger partial charge in [-0.15, -0.1) is 0 Å². The zero-order chi connectivity index (χ0) is 23.4. The third kappa shape index (κ3) is 3.22. The number of anilines is 1. The smallest absolute Gasteiger partial charge is 0.217 e. The van der Waals surface area contributed by atoms with E-state index < -0.39 is 0 Å². The van der Waals surface area contributed by atoms with E-state index in [0.29, 0.717) is 13.2 Å². The van der Waals surface area contributed by atoms with Crippen LogP contribution >= 0.6 is 0 Å². The Kier molecular flexibility index (Phi) is 4.79. The highest BCUT2D eigenvalue weighted by Gasteiger charge is 2.35. The Bertz CT molecular complexity index is 1370. The lowest BCUT2D eigenvalue weighted by atomic mass is 10.0. The molecular formula is C25H26N6O3. The Morgan fingerprint density at radius 3 is 2.82 bits per heavy atom. The van der Waals surface area contributed by atoms with Gasteiger partial charge < -0.3 is 19.5 Å². The van der Waals surface area contributed by atoms with Gasteiger partial charge >= 0.3 is 0 Å². The molecule has 5 heterocycles. The molecule has 0 bridgehead atoms. The average Bonchev–Trinajstić information content (AvgIpc) is 3.53. The first kappa shape index (κ1) is 20.7. The van der Waals surface area contributed by atoms with E-state index in [1.807, 2.05) is 50.4 Å². The molecule has 0 spiro atoms. The van der Waals surface area contributed by atoms with Crippen LogP contribution in [0, 0.1) is 13.8 Å². The molecule has 0 unspecified atom stereocenters. The highest BCUT2D eigenvalue weighted by Crippen LogP contribution is 2.46. The van der Waals surface area contributed by atoms with Gasteiger partial charge in [-0.05, 0) is 44.5 Å². The van der Waals surface area contributed by atoms with E-state index >= 15 is 0 Å². The largest absolute Gasteiger partial charge is 0.488 e. The van der Waals surface area contributed by atoms with Crippen LogP contribution in [0.15, 0.2) is 41.1 Å². The monoisotopic (exact) mass is 458 g/mol. The summed E-state index contributed by atoms with van der Waals surface area (Å²) in [7, 11) is 0. The molecular weight excluding hydrogens is 432 g/mol. The third-order valence-electron chi connectivity index (χ3n) is 6.69. The Hall–Kier alpha value is -3.88. The highest BCUT2D eigenvalue weighted by atomic mass is 16.5. The van der Waals surface area contributed by atoms with Gasteiger partial charge in [0.25, 0.3) is 0 Å². The predicted octanol–water partition coefficient (Wildman–Crippen LogP) is 3.40. The molecule has 4 aromatic rings. The Balaban J connectivity index is 1.54. The first-order chi connectivity index (χ1) is 16.5. The molecule has 2 aliphatic rings. The fourth-order valence-electron chi connectivity index (χ4n) is 5.25. The van der Waals surface area contributed by atoms with Crippen molar-refractivity contribution in [3.63, 3.8) is 0 Å². The molecule has 6 rings (SSSR count). The molecule has 2 atom stereocenters. The second-order valence-electron chi connectivity index (χ2n) is 9.00. The summed E-state index contributed by atoms with van der Waals surface area (Å²) in [6, 6.07) is 10.00. The fraction of sp³-hybridized carbons (Fsp3) is 0.360. The van der Waals surface area contributed by atoms with Crippen molar-refractivity contribution in [2.75, 3.05) is 24.6 Å². The molecule has 1 saturated heterocycles. The molecule has 0 aliphatic carbocycles. The number of nitrogens with one attached hydrogen (secondary N) is 1. The highest BCUT2D eigenvalue weighted by molar-refractivity contribution is 5.94. The maximum Gasteiger partial charge on any atom is 0.217 e. The Labute approximate surface area is 196 Å². The standard InChI is InChI=1S/C25H26N6O3/c1-14-22(15(2)34-29-14)18-7-8-20-23-24(18)33-13-21(19-6-4-5-10-26-19)31(23)25(28-20)30-11-9-17(12-30)27-16(3)32/h4-8,10,17,21H,9,11-13H2,1-3H3,(H,27,32)/t17-,21-/m1/s1. The summed E-state index contributed by atoms with van der Waals surface area (Å²) in [4.78, 5) is 23.6. The Morgan fingerprint density at radius 1 is 1.21 bits per heavy atom. The summed E-state index contributed by atoms with van der Waals surface area (Å²) in [6.45, 7) is 7.39. The second-order valence-corrected chi connectivity index (χ2v) is 9.00. The molecule has 1 N–H and O–H groups in total. The van der Waals surface area contributed by atoms with Crippen LogP contribution in [0.1, 0.15) is 36.5 Å². The minimum atomic E-state index is -0.117. The average molecular weight is 459 g/mol. The van der Waals surface area contributed by atoms with Gasteiger partial charge in [-0.1, -0.05) is 11.2 Å². The molecule has 9 heteroatoms. The van der Waals surface area contributed by atoms with E-state index in [2.05, 4.69) is 24.9 Å². The van der Waals surface area contributed by atoms with E-state index in [1.54, 1.807) is 6.92 Å². The van der Waals surface area contributed by atoms with Gasteiger partial charge in [0.05, 0.1) is 22.5 Å². The van der Waals surface area contributed by atoms with E-state index in [0.717, 1.165) is 64.0 Å². The number of carbonyl (C=O) groups excluding carboxylic acids is 1. The number of ether oxygens (including phenoxy) is 1. The van der Waals surface area contributed by atoms with E-state index in [4.69, 9.17) is 14.2 Å². The SMILES string of the molecule is CC(=O)N[C@@H]1CCN(c2nc3ccc(-c4c(C)noc4C)c4c3n2[C@@H](c2ccccn2)CO4)C1. The van der Waals surface area contributed by atoms with Crippen molar-refractivity contribution in [1.82, 2.24) is 25.0 Å². The summed E-state index contributed by atoms with van der Waals surface area (Å²) < 4.78 is 14.1. The lowest BCUT2D eigenvalue weighted by Crippen LogP contribution is -2.36. The minimum absolute atomic E-state index is 0.00683. The fourth-order valence-corrected chi connectivity index (χ4v) is 5.25. The van der Waals surface area contributed by atoms with Crippen molar-refractivity contribution in [2.24, 2.45) is 0 Å². The van der Waals surface area contributed by atoms with Crippen LogP contribution < -0.4 is 15.0 Å². The van der Waals surface area contributed by atoms with Crippen molar-refractivity contribution >= 4 is 22.9 Å². The summed E-state index contributed by atoms with van der Waals surface area (Å²) >= 11 is 0. The summed E-state index contributed by atoms with van der Waals surface area (Å²) in [5.41, 5.74) is 5.46. The van der Waals surface area contributed by atoms with Crippen LogP contribution in [0.25, 0.3) is 22.2 Å². The maximum atomic E-state index is 11.6. The van der Waals surface area contributed by atoms with Gasteiger partial charge in [0.1, 0.15) is 23.9 Å². The number of imidazole rings is 1. The third-order valence-corrected chi connectivity index (χ3v) is 6.69. The summed E-state index contributed by atoms with van der Waals surface area (Å²) in [5, 5.41) is 7.19. The lowest BCUT2D eigenvalue weighted by molar-refractivity contribution is -0.119. The van der Waals surface area contributed by atoms with Gasteiger partial charge in [0.2, 0.25) is 11.9 Å². The van der Waals surface area contributed by atoms with Gasteiger partial charge in [0, 0.05) is 37.8 Å². The maximum absolute atomic E-state index is 11.6. The van der Waals surface area contributed by atoms with Gasteiger partial charge in [0.15, 0.2) is 5.75 Å². The topological polar surface area (TPSA) is 98.3 Å². The van der Waals surface area contributed by atoms with Crippen LogP contribution in [-0.2, 0) is 4.79 Å². The molecule has 1 aromatic carbocycles. The van der Waals surface area contributed by atoms with Gasteiger partial charge in [-0.25, -0.2) is 4.98 Å². The van der Waals surface area contributed by atoms with Crippen molar-refractivity contribution < 1.29 is 14.1 Å². The van der Waals surface area contributed by atoms with E-state index in [1.165, 1.54) is 0 Å². The minimum Gasteiger partial charge on any atom is -0.488 e. The van der Waals surface area contributed by atoms with Crippen LogP contribution in [-0.4, -0.2) is 51.3 Å². The molecule has 34 heavy (non-hydrogen) atoms. The van der Waals surface area contributed by atoms with Crippen LogP contribution in [0.5, 0.6) is 5.75 Å². The molecule has 174 valence electrons. The number of rotatable bonds is 4. The van der Waals surface area contributed by atoms with Crippen LogP contribution in [0.3, 0.4) is 0 Å². The molecule has 9 nitrogen and oxygen atoms in total. The number of aryl methyl sites for hydroxylation is 2. The normalized spacial score (nSPS) is 19.4. The number of aromatic nitrogens is 4. The number of nitrogens with zero attached hydrogens (tertiary/aromatic N) is 5. The van der Waals surface area contributed by atoms with Gasteiger partial charge in [-0.3, -0.25) is 14.3 Å². The Morgan fingerprint density at radius 2 is 2.09 bits per heavy atom. The van der Waals surface area contributed by atoms with Gasteiger partial charge in [-0.2, -0.15) is 0 Å². The number of benzene rings is 1. The molecule has 1 amide bonds. The molecule has 0 saturated carbocycles. The number of hydrogen-bond acceptors (Lipinski definition) is 7. The quantitative estimate of drug-likeness (QED) is 0.500. The number of hydrogen-bond donors (Lipinski definition) is 1. The zero-order valence-corrected chi connectivity index (χ0v) is 19.4. The molecule has 2 aliphatic heterocycles. The molecule has 3 aromatic heterocycles. The predicted molar refractivity (Wildman–Crippen MR) is 127 cm³/mol. The first-order valence-corrected chi connectivity index (χ1v) is 11.5. The van der Waals surface area contributed by atoms with Crippen molar-refractivity contribution in [2.45, 2.75) is 39.3 Å². The van der Waals surface area contributed by atoms with Crippen molar-refractivity contribution in [3.8, 4) is 16.9 Å². The van der Waals surface area contributed by atoms with E-state index in [-0.39, 0.29) is 18.0 Å². The van der Waals surface area contributed by atoms with Crippen molar-refractivity contribution in [3.05, 3.63) is 53.7 Å². The van der Waals surface area contributed by atoms with E-state index in [9.17, 15) is 4.79 Å². The first-order valence-electron chi connectivity index (χ1n) is 11.5. The molecule has 1 fully saturated rings. The van der Waals surface area contributed by atoms with Crippen molar-refractivity contribution in [1.29, 1.82) is 0 Å². The number of pyridine rings is 1. The molecule has 0 radical (unpaired) electrons. The zero-order valence-electron chi connectivity index (χ0n) is 19.4. The lowest BCUT2D eigenvalue weighted by Gasteiger charge is -2.30. The summed E-state index contributed by atoms with van der Waals surface area (Å²) in [5.74, 6) is 2.41.